The normalized spacial score (nSPS) is 40.5. The fourth-order valence-electron chi connectivity index (χ4n) is 6.82. The maximum Gasteiger partial charge on any atom is 0.226 e. The third-order valence-corrected chi connectivity index (χ3v) is 8.20. The molecule has 25 heavy (non-hydrogen) atoms. The molecule has 0 radical (unpaired) electrons. The molecule has 134 valence electrons. The Kier molecular flexibility index (Phi) is 3.55. The number of carbonyl (C=O) groups excluding carboxylic acids is 1. The molecule has 2 atom stereocenters. The Labute approximate surface area is 155 Å². The molecule has 0 heterocycles. The predicted molar refractivity (Wildman–Crippen MR) is 101 cm³/mol. The molecule has 0 saturated heterocycles. The van der Waals surface area contributed by atoms with E-state index in [1.54, 1.807) is 0 Å². The SMILES string of the molecule is O=C(NCC1(c2ccccc2)CCC1)C12C[C@H]3C[C@@H](CC(Cl)(C3)C1)C2. The molecule has 5 fully saturated rings. The van der Waals surface area contributed by atoms with Crippen molar-refractivity contribution in [3.05, 3.63) is 35.9 Å². The first-order valence-corrected chi connectivity index (χ1v) is 10.4. The molecule has 1 aromatic carbocycles. The van der Waals surface area contributed by atoms with Gasteiger partial charge in [-0.05, 0) is 68.8 Å². The van der Waals surface area contributed by atoms with Crippen LogP contribution in [0.2, 0.25) is 0 Å². The van der Waals surface area contributed by atoms with E-state index in [2.05, 4.69) is 35.6 Å². The zero-order valence-electron chi connectivity index (χ0n) is 14.9. The summed E-state index contributed by atoms with van der Waals surface area (Å²) >= 11 is 6.91. The molecule has 0 aliphatic heterocycles. The maximum absolute atomic E-state index is 13.3. The summed E-state index contributed by atoms with van der Waals surface area (Å²) in [6.07, 6.45) is 10.3. The van der Waals surface area contributed by atoms with Crippen LogP contribution in [0.4, 0.5) is 0 Å². The van der Waals surface area contributed by atoms with Gasteiger partial charge in [-0.3, -0.25) is 4.79 Å². The Bertz CT molecular complexity index is 667. The molecule has 5 aliphatic rings. The van der Waals surface area contributed by atoms with Gasteiger partial charge in [0.1, 0.15) is 0 Å². The van der Waals surface area contributed by atoms with Crippen molar-refractivity contribution in [2.24, 2.45) is 17.3 Å². The Morgan fingerprint density at radius 2 is 1.76 bits per heavy atom. The zero-order chi connectivity index (χ0) is 17.1. The van der Waals surface area contributed by atoms with Gasteiger partial charge in [0.15, 0.2) is 0 Å². The van der Waals surface area contributed by atoms with E-state index in [0.717, 1.165) is 38.6 Å². The van der Waals surface area contributed by atoms with Crippen LogP contribution in [0.3, 0.4) is 0 Å². The second kappa shape index (κ2) is 5.49. The average Bonchev–Trinajstić information content (AvgIpc) is 2.52. The second-order valence-electron chi connectivity index (χ2n) is 9.57. The first-order chi connectivity index (χ1) is 12.0. The molecule has 0 unspecified atom stereocenters. The number of alkyl halides is 1. The molecular formula is C22H28ClNO. The number of hydrogen-bond acceptors (Lipinski definition) is 1. The standard InChI is InChI=1S/C22H28ClNO/c23-22-12-16-9-17(13-22)11-21(10-16,14-22)19(25)24-15-20(7-4-8-20)18-5-2-1-3-6-18/h1-3,5-6,16-17H,4,7-15H2,(H,24,25)/t16-,17-,21?,22?/m1/s1. The average molecular weight is 358 g/mol. The molecule has 1 aromatic rings. The van der Waals surface area contributed by atoms with Crippen LogP contribution in [0.15, 0.2) is 30.3 Å². The number of hydrogen-bond donors (Lipinski definition) is 1. The predicted octanol–water partition coefficient (Wildman–Crippen LogP) is 4.80. The Morgan fingerprint density at radius 3 is 2.32 bits per heavy atom. The van der Waals surface area contributed by atoms with Gasteiger partial charge in [0.2, 0.25) is 5.91 Å². The summed E-state index contributed by atoms with van der Waals surface area (Å²) in [5.74, 6) is 1.65. The van der Waals surface area contributed by atoms with E-state index in [-0.39, 0.29) is 15.7 Å². The zero-order valence-corrected chi connectivity index (χ0v) is 15.7. The molecule has 5 saturated carbocycles. The number of nitrogens with one attached hydrogen (secondary N) is 1. The van der Waals surface area contributed by atoms with Crippen LogP contribution < -0.4 is 5.32 Å². The van der Waals surface area contributed by atoms with Crippen LogP contribution in [-0.2, 0) is 10.2 Å². The van der Waals surface area contributed by atoms with Crippen LogP contribution in [0, 0.1) is 17.3 Å². The highest BCUT2D eigenvalue weighted by Gasteiger charge is 2.60. The number of amides is 1. The van der Waals surface area contributed by atoms with E-state index in [9.17, 15) is 4.79 Å². The molecule has 0 spiro atoms. The van der Waals surface area contributed by atoms with Crippen molar-refractivity contribution in [1.82, 2.24) is 5.32 Å². The van der Waals surface area contributed by atoms with Crippen molar-refractivity contribution >= 4 is 17.5 Å². The van der Waals surface area contributed by atoms with E-state index in [0.29, 0.717) is 17.7 Å². The highest BCUT2D eigenvalue weighted by Crippen LogP contribution is 2.63. The summed E-state index contributed by atoms with van der Waals surface area (Å²) in [5.41, 5.74) is 1.38. The second-order valence-corrected chi connectivity index (χ2v) is 10.4. The number of halogens is 1. The minimum Gasteiger partial charge on any atom is -0.355 e. The number of rotatable bonds is 4. The van der Waals surface area contributed by atoms with Crippen molar-refractivity contribution in [2.75, 3.05) is 6.54 Å². The van der Waals surface area contributed by atoms with Gasteiger partial charge in [-0.25, -0.2) is 0 Å². The minimum atomic E-state index is -0.173. The van der Waals surface area contributed by atoms with E-state index in [1.165, 1.54) is 31.2 Å². The lowest BCUT2D eigenvalue weighted by atomic mass is 9.49. The third-order valence-electron chi connectivity index (χ3n) is 7.76. The number of carbonyl (C=O) groups is 1. The van der Waals surface area contributed by atoms with Gasteiger partial charge in [0.05, 0.1) is 5.41 Å². The van der Waals surface area contributed by atoms with Crippen molar-refractivity contribution < 1.29 is 4.79 Å². The highest BCUT2D eigenvalue weighted by molar-refractivity contribution is 6.24. The molecular weight excluding hydrogens is 330 g/mol. The Balaban J connectivity index is 1.33. The topological polar surface area (TPSA) is 29.1 Å². The fourth-order valence-corrected chi connectivity index (χ4v) is 7.51. The van der Waals surface area contributed by atoms with Crippen LogP contribution in [0.5, 0.6) is 0 Å². The lowest BCUT2D eigenvalue weighted by Crippen LogP contribution is -2.59. The minimum absolute atomic E-state index is 0.0883. The summed E-state index contributed by atoms with van der Waals surface area (Å²) in [4.78, 5) is 13.2. The molecule has 1 N–H and O–H groups in total. The van der Waals surface area contributed by atoms with Gasteiger partial charge in [0, 0.05) is 16.8 Å². The van der Waals surface area contributed by atoms with Gasteiger partial charge in [0.25, 0.3) is 0 Å². The van der Waals surface area contributed by atoms with Crippen molar-refractivity contribution in [2.45, 2.75) is 68.1 Å². The van der Waals surface area contributed by atoms with Gasteiger partial charge in [-0.15, -0.1) is 11.6 Å². The van der Waals surface area contributed by atoms with Crippen LogP contribution in [0.25, 0.3) is 0 Å². The molecule has 4 bridgehead atoms. The molecule has 2 nitrogen and oxygen atoms in total. The molecule has 3 heteroatoms. The third kappa shape index (κ3) is 2.55. The quantitative estimate of drug-likeness (QED) is 0.770. The molecule has 0 aromatic heterocycles. The lowest BCUT2D eigenvalue weighted by Gasteiger charge is -2.59. The van der Waals surface area contributed by atoms with Gasteiger partial charge >= 0.3 is 0 Å². The van der Waals surface area contributed by atoms with E-state index in [1.807, 2.05) is 0 Å². The highest BCUT2D eigenvalue weighted by atomic mass is 35.5. The largest absolute Gasteiger partial charge is 0.355 e. The van der Waals surface area contributed by atoms with Gasteiger partial charge in [-0.2, -0.15) is 0 Å². The van der Waals surface area contributed by atoms with E-state index < -0.39 is 0 Å². The first kappa shape index (κ1) is 16.2. The smallest absolute Gasteiger partial charge is 0.226 e. The van der Waals surface area contributed by atoms with E-state index >= 15 is 0 Å². The summed E-state index contributed by atoms with van der Waals surface area (Å²) in [6.45, 7) is 0.794. The Hall–Kier alpha value is -1.02. The molecule has 1 amide bonds. The van der Waals surface area contributed by atoms with Crippen molar-refractivity contribution in [3.63, 3.8) is 0 Å². The van der Waals surface area contributed by atoms with Crippen molar-refractivity contribution in [1.29, 1.82) is 0 Å². The van der Waals surface area contributed by atoms with Crippen LogP contribution in [0.1, 0.15) is 63.4 Å². The first-order valence-electron chi connectivity index (χ1n) is 10.0. The number of benzene rings is 1. The summed E-state index contributed by atoms with van der Waals surface area (Å²) < 4.78 is 0. The molecule has 6 rings (SSSR count). The van der Waals surface area contributed by atoms with Crippen LogP contribution in [-0.4, -0.2) is 17.3 Å². The maximum atomic E-state index is 13.3. The van der Waals surface area contributed by atoms with Gasteiger partial charge < -0.3 is 5.32 Å². The van der Waals surface area contributed by atoms with Crippen molar-refractivity contribution in [3.8, 4) is 0 Å². The lowest BCUT2D eigenvalue weighted by molar-refractivity contribution is -0.145. The fraction of sp³-hybridized carbons (Fsp3) is 0.682. The summed E-state index contributed by atoms with van der Waals surface area (Å²) in [6, 6.07) is 10.8. The molecule has 5 aliphatic carbocycles. The Morgan fingerprint density at radius 1 is 1.08 bits per heavy atom. The van der Waals surface area contributed by atoms with E-state index in [4.69, 9.17) is 11.6 Å². The van der Waals surface area contributed by atoms with Gasteiger partial charge in [-0.1, -0.05) is 36.8 Å². The summed E-state index contributed by atoms with van der Waals surface area (Å²) in [5, 5.41) is 3.40. The monoisotopic (exact) mass is 357 g/mol. The summed E-state index contributed by atoms with van der Waals surface area (Å²) in [7, 11) is 0. The van der Waals surface area contributed by atoms with Crippen LogP contribution >= 0.6 is 11.6 Å².